The Labute approximate surface area is 170 Å². The van der Waals surface area contributed by atoms with E-state index >= 15 is 0 Å². The highest BCUT2D eigenvalue weighted by molar-refractivity contribution is 5.94. The van der Waals surface area contributed by atoms with Gasteiger partial charge in [-0.05, 0) is 61.9 Å². The standard InChI is InChI=1S/C22H26N2O5/c1-16(25)17-6-10-20(11-7-17)29-14-4-5-22(27)24(2)15-21(26)23-18-8-12-19(28-3)13-9-18/h6-13H,4-5,14-15H2,1-3H3,(H,23,26). The lowest BCUT2D eigenvalue weighted by atomic mass is 10.1. The molecule has 0 saturated heterocycles. The average Bonchev–Trinajstić information content (AvgIpc) is 2.71. The van der Waals surface area contributed by atoms with E-state index < -0.39 is 0 Å². The average molecular weight is 398 g/mol. The minimum atomic E-state index is -0.271. The molecular formula is C22H26N2O5. The lowest BCUT2D eigenvalue weighted by molar-refractivity contribution is -0.133. The Hall–Kier alpha value is -3.35. The fourth-order valence-electron chi connectivity index (χ4n) is 2.57. The van der Waals surface area contributed by atoms with Crippen molar-refractivity contribution in [3.63, 3.8) is 0 Å². The van der Waals surface area contributed by atoms with Gasteiger partial charge in [-0.1, -0.05) is 0 Å². The van der Waals surface area contributed by atoms with Gasteiger partial charge in [0.2, 0.25) is 11.8 Å². The quantitative estimate of drug-likeness (QED) is 0.491. The molecule has 0 aromatic heterocycles. The first-order valence-corrected chi connectivity index (χ1v) is 9.30. The van der Waals surface area contributed by atoms with E-state index in [9.17, 15) is 14.4 Å². The van der Waals surface area contributed by atoms with Crippen molar-refractivity contribution in [2.75, 3.05) is 32.6 Å². The van der Waals surface area contributed by atoms with Gasteiger partial charge in [-0.3, -0.25) is 14.4 Å². The van der Waals surface area contributed by atoms with Gasteiger partial charge < -0.3 is 19.7 Å². The zero-order valence-corrected chi connectivity index (χ0v) is 16.9. The summed E-state index contributed by atoms with van der Waals surface area (Å²) in [6.45, 7) is 1.85. The minimum Gasteiger partial charge on any atom is -0.497 e. The maximum Gasteiger partial charge on any atom is 0.243 e. The molecule has 2 rings (SSSR count). The maximum absolute atomic E-state index is 12.2. The van der Waals surface area contributed by atoms with Crippen LogP contribution in [0, 0.1) is 0 Å². The number of anilines is 1. The third kappa shape index (κ3) is 7.29. The topological polar surface area (TPSA) is 84.9 Å². The smallest absolute Gasteiger partial charge is 0.243 e. The molecule has 0 heterocycles. The van der Waals surface area contributed by atoms with E-state index in [1.54, 1.807) is 62.7 Å². The highest BCUT2D eigenvalue weighted by Crippen LogP contribution is 2.15. The molecule has 7 nitrogen and oxygen atoms in total. The molecule has 2 aromatic carbocycles. The van der Waals surface area contributed by atoms with E-state index in [0.717, 1.165) is 0 Å². The zero-order valence-electron chi connectivity index (χ0n) is 16.9. The molecule has 2 aromatic rings. The second-order valence-electron chi connectivity index (χ2n) is 6.56. The first kappa shape index (κ1) is 21.9. The van der Waals surface area contributed by atoms with Gasteiger partial charge in [0, 0.05) is 24.7 Å². The molecule has 0 aliphatic carbocycles. The van der Waals surface area contributed by atoms with Gasteiger partial charge in [-0.25, -0.2) is 0 Å². The molecule has 0 bridgehead atoms. The summed E-state index contributed by atoms with van der Waals surface area (Å²) in [6.07, 6.45) is 0.801. The van der Waals surface area contributed by atoms with Gasteiger partial charge in [0.05, 0.1) is 20.3 Å². The van der Waals surface area contributed by atoms with Crippen LogP contribution in [-0.4, -0.2) is 49.8 Å². The molecule has 0 aliphatic heterocycles. The molecule has 7 heteroatoms. The van der Waals surface area contributed by atoms with Crippen molar-refractivity contribution in [3.05, 3.63) is 54.1 Å². The Kier molecular flexibility index (Phi) is 8.21. The van der Waals surface area contributed by atoms with Crippen molar-refractivity contribution >= 4 is 23.3 Å². The van der Waals surface area contributed by atoms with Crippen LogP contribution in [0.4, 0.5) is 5.69 Å². The van der Waals surface area contributed by atoms with Crippen LogP contribution in [0.2, 0.25) is 0 Å². The third-order valence-electron chi connectivity index (χ3n) is 4.24. The van der Waals surface area contributed by atoms with Crippen molar-refractivity contribution in [3.8, 4) is 11.5 Å². The van der Waals surface area contributed by atoms with Crippen LogP contribution in [0.1, 0.15) is 30.1 Å². The van der Waals surface area contributed by atoms with Crippen molar-refractivity contribution in [2.24, 2.45) is 0 Å². The normalized spacial score (nSPS) is 10.2. The predicted molar refractivity (Wildman–Crippen MR) is 110 cm³/mol. The molecule has 29 heavy (non-hydrogen) atoms. The predicted octanol–water partition coefficient (Wildman–Crippen LogP) is 3.15. The molecule has 0 atom stereocenters. The van der Waals surface area contributed by atoms with E-state index in [4.69, 9.17) is 9.47 Å². The summed E-state index contributed by atoms with van der Waals surface area (Å²) in [6, 6.07) is 13.8. The number of ether oxygens (including phenoxy) is 2. The molecular weight excluding hydrogens is 372 g/mol. The van der Waals surface area contributed by atoms with Crippen LogP contribution >= 0.6 is 0 Å². The number of likely N-dealkylation sites (N-methyl/N-ethyl adjacent to an activating group) is 1. The molecule has 0 saturated carbocycles. The number of carbonyl (C=O) groups is 3. The van der Waals surface area contributed by atoms with E-state index in [0.29, 0.717) is 35.8 Å². The summed E-state index contributed by atoms with van der Waals surface area (Å²) in [5.41, 5.74) is 1.27. The van der Waals surface area contributed by atoms with Gasteiger partial charge in [-0.15, -0.1) is 0 Å². The lowest BCUT2D eigenvalue weighted by Crippen LogP contribution is -2.34. The molecule has 0 fully saturated rings. The Balaban J connectivity index is 1.68. The summed E-state index contributed by atoms with van der Waals surface area (Å²) in [5, 5.41) is 2.74. The first-order valence-electron chi connectivity index (χ1n) is 9.30. The number of benzene rings is 2. The number of methoxy groups -OCH3 is 1. The van der Waals surface area contributed by atoms with Gasteiger partial charge in [0.15, 0.2) is 5.78 Å². The molecule has 1 N–H and O–H groups in total. The highest BCUT2D eigenvalue weighted by Gasteiger charge is 2.13. The van der Waals surface area contributed by atoms with Crippen LogP contribution in [0.3, 0.4) is 0 Å². The van der Waals surface area contributed by atoms with Gasteiger partial charge >= 0.3 is 0 Å². The lowest BCUT2D eigenvalue weighted by Gasteiger charge is -2.17. The monoisotopic (exact) mass is 398 g/mol. The first-order chi connectivity index (χ1) is 13.9. The van der Waals surface area contributed by atoms with Gasteiger partial charge in [-0.2, -0.15) is 0 Å². The number of ketones is 1. The van der Waals surface area contributed by atoms with Crippen LogP contribution in [0.15, 0.2) is 48.5 Å². The highest BCUT2D eigenvalue weighted by atomic mass is 16.5. The Bertz CT molecular complexity index is 831. The molecule has 0 spiro atoms. The SMILES string of the molecule is COc1ccc(NC(=O)CN(C)C(=O)CCCOc2ccc(C(C)=O)cc2)cc1. The van der Waals surface area contributed by atoms with Crippen molar-refractivity contribution in [1.29, 1.82) is 0 Å². The molecule has 0 unspecified atom stereocenters. The Morgan fingerprint density at radius 3 is 2.17 bits per heavy atom. The van der Waals surface area contributed by atoms with E-state index in [1.165, 1.54) is 11.8 Å². The fraction of sp³-hybridized carbons (Fsp3) is 0.318. The number of rotatable bonds is 10. The van der Waals surface area contributed by atoms with E-state index in [-0.39, 0.29) is 30.6 Å². The number of hydrogen-bond donors (Lipinski definition) is 1. The molecule has 0 radical (unpaired) electrons. The fourth-order valence-corrected chi connectivity index (χ4v) is 2.57. The number of carbonyl (C=O) groups excluding carboxylic acids is 3. The van der Waals surface area contributed by atoms with Crippen LogP contribution in [0.5, 0.6) is 11.5 Å². The third-order valence-corrected chi connectivity index (χ3v) is 4.24. The number of nitrogens with zero attached hydrogens (tertiary/aromatic N) is 1. The van der Waals surface area contributed by atoms with Crippen molar-refractivity contribution < 1.29 is 23.9 Å². The second kappa shape index (κ2) is 10.8. The molecule has 2 amide bonds. The largest absolute Gasteiger partial charge is 0.497 e. The second-order valence-corrected chi connectivity index (χ2v) is 6.56. The van der Waals surface area contributed by atoms with Gasteiger partial charge in [0.25, 0.3) is 0 Å². The van der Waals surface area contributed by atoms with Gasteiger partial charge in [0.1, 0.15) is 11.5 Å². The zero-order chi connectivity index (χ0) is 21.2. The van der Waals surface area contributed by atoms with Crippen molar-refractivity contribution in [1.82, 2.24) is 4.90 Å². The van der Waals surface area contributed by atoms with E-state index in [1.807, 2.05) is 0 Å². The summed E-state index contributed by atoms with van der Waals surface area (Å²) < 4.78 is 10.6. The summed E-state index contributed by atoms with van der Waals surface area (Å²) >= 11 is 0. The van der Waals surface area contributed by atoms with Crippen molar-refractivity contribution in [2.45, 2.75) is 19.8 Å². The Morgan fingerprint density at radius 2 is 1.59 bits per heavy atom. The Morgan fingerprint density at radius 1 is 0.966 bits per heavy atom. The number of amides is 2. The maximum atomic E-state index is 12.2. The number of hydrogen-bond acceptors (Lipinski definition) is 5. The van der Waals surface area contributed by atoms with E-state index in [2.05, 4.69) is 5.32 Å². The van der Waals surface area contributed by atoms with Crippen LogP contribution in [-0.2, 0) is 9.59 Å². The van der Waals surface area contributed by atoms with Crippen LogP contribution < -0.4 is 14.8 Å². The minimum absolute atomic E-state index is 0.00112. The summed E-state index contributed by atoms with van der Waals surface area (Å²) in [4.78, 5) is 36.9. The number of nitrogens with one attached hydrogen (secondary N) is 1. The number of Topliss-reactive ketones (excluding diaryl/α,β-unsaturated/α-hetero) is 1. The molecule has 0 aliphatic rings. The van der Waals surface area contributed by atoms with Crippen LogP contribution in [0.25, 0.3) is 0 Å². The summed E-state index contributed by atoms with van der Waals surface area (Å²) in [5.74, 6) is 0.946. The summed E-state index contributed by atoms with van der Waals surface area (Å²) in [7, 11) is 3.17. The molecule has 154 valence electrons.